The van der Waals surface area contributed by atoms with Crippen LogP contribution in [0.1, 0.15) is 5.56 Å². The maximum Gasteiger partial charge on any atom is 0.405 e. The van der Waals surface area contributed by atoms with Crippen LogP contribution in [0.15, 0.2) is 24.3 Å². The number of rotatable bonds is 5. The summed E-state index contributed by atoms with van der Waals surface area (Å²) < 4.78 is 40.0. The van der Waals surface area contributed by atoms with Gasteiger partial charge in [0, 0.05) is 5.69 Å². The predicted octanol–water partition coefficient (Wildman–Crippen LogP) is 1.03. The number of carbonyl (C=O) groups is 2. The Morgan fingerprint density at radius 2 is 2.00 bits per heavy atom. The zero-order chi connectivity index (χ0) is 15.2. The second-order valence-electron chi connectivity index (χ2n) is 3.97. The number of halogens is 3. The molecule has 3 N–H and O–H groups in total. The molecule has 0 bridgehead atoms. The van der Waals surface area contributed by atoms with Gasteiger partial charge in [-0.1, -0.05) is 12.1 Å². The van der Waals surface area contributed by atoms with E-state index in [0.717, 1.165) is 0 Å². The van der Waals surface area contributed by atoms with Crippen LogP contribution < -0.4 is 11.1 Å². The highest BCUT2D eigenvalue weighted by molar-refractivity contribution is 5.81. The lowest BCUT2D eigenvalue weighted by atomic mass is 10.1. The molecule has 0 aliphatic rings. The minimum absolute atomic E-state index is 0.114. The Morgan fingerprint density at radius 3 is 2.60 bits per heavy atom. The second-order valence-corrected chi connectivity index (χ2v) is 3.97. The number of benzene rings is 1. The van der Waals surface area contributed by atoms with Crippen LogP contribution in [0.4, 0.5) is 18.9 Å². The molecule has 20 heavy (non-hydrogen) atoms. The number of hydrogen-bond donors (Lipinski definition) is 2. The lowest BCUT2D eigenvalue weighted by Crippen LogP contribution is -2.36. The quantitative estimate of drug-likeness (QED) is 0.627. The van der Waals surface area contributed by atoms with Gasteiger partial charge in [0.1, 0.15) is 6.54 Å². The van der Waals surface area contributed by atoms with Crippen LogP contribution >= 0.6 is 0 Å². The molecule has 0 saturated carbocycles. The van der Waals surface area contributed by atoms with Crippen molar-refractivity contribution in [2.75, 3.05) is 18.9 Å². The van der Waals surface area contributed by atoms with Crippen molar-refractivity contribution in [1.29, 1.82) is 0 Å². The van der Waals surface area contributed by atoms with Crippen molar-refractivity contribution in [3.8, 4) is 0 Å². The Kier molecular flexibility index (Phi) is 5.36. The van der Waals surface area contributed by atoms with E-state index in [1.54, 1.807) is 29.6 Å². The summed E-state index contributed by atoms with van der Waals surface area (Å²) in [6.45, 7) is -2.21. The van der Waals surface area contributed by atoms with Crippen molar-refractivity contribution in [2.24, 2.45) is 0 Å². The molecule has 1 aromatic rings. The fraction of sp³-hybridized carbons (Fsp3) is 0.333. The van der Waals surface area contributed by atoms with Crippen molar-refractivity contribution in [2.45, 2.75) is 12.6 Å². The van der Waals surface area contributed by atoms with E-state index < -0.39 is 31.2 Å². The van der Waals surface area contributed by atoms with Crippen LogP contribution in [0.5, 0.6) is 0 Å². The van der Waals surface area contributed by atoms with Crippen molar-refractivity contribution >= 4 is 17.6 Å². The number of amides is 1. The Balaban J connectivity index is 2.31. The Labute approximate surface area is 112 Å². The molecule has 110 valence electrons. The number of nitrogens with one attached hydrogen (secondary N) is 1. The number of esters is 1. The summed E-state index contributed by atoms with van der Waals surface area (Å²) in [7, 11) is 0. The molecular weight excluding hydrogens is 277 g/mol. The standard InChI is InChI=1S/C12H13F3N2O3/c13-12(14,15)7-17-10(18)6-20-11(19)5-8-2-1-3-9(16)4-8/h1-4H,5-7,16H2,(H,17,18). The van der Waals surface area contributed by atoms with E-state index in [2.05, 4.69) is 4.74 Å². The zero-order valence-corrected chi connectivity index (χ0v) is 10.4. The van der Waals surface area contributed by atoms with Gasteiger partial charge in [-0.15, -0.1) is 0 Å². The first kappa shape index (κ1) is 15.8. The van der Waals surface area contributed by atoms with E-state index in [4.69, 9.17) is 5.73 Å². The summed E-state index contributed by atoms with van der Waals surface area (Å²) in [4.78, 5) is 22.4. The molecule has 0 unspecified atom stereocenters. The van der Waals surface area contributed by atoms with Crippen LogP contribution in [0, 0.1) is 0 Å². The highest BCUT2D eigenvalue weighted by Gasteiger charge is 2.27. The summed E-state index contributed by atoms with van der Waals surface area (Å²) in [5, 5.41) is 1.59. The summed E-state index contributed by atoms with van der Waals surface area (Å²) in [6, 6.07) is 6.49. The first-order valence-electron chi connectivity index (χ1n) is 5.60. The van der Waals surface area contributed by atoms with Gasteiger partial charge in [-0.3, -0.25) is 9.59 Å². The van der Waals surface area contributed by atoms with Gasteiger partial charge < -0.3 is 15.8 Å². The summed E-state index contributed by atoms with van der Waals surface area (Å²) in [5.41, 5.74) is 6.57. The average molecular weight is 290 g/mol. The molecule has 0 spiro atoms. The van der Waals surface area contributed by atoms with Crippen LogP contribution in [0.2, 0.25) is 0 Å². The molecule has 0 atom stereocenters. The molecule has 1 aromatic carbocycles. The van der Waals surface area contributed by atoms with Crippen molar-refractivity contribution < 1.29 is 27.5 Å². The zero-order valence-electron chi connectivity index (χ0n) is 10.4. The fourth-order valence-electron chi connectivity index (χ4n) is 1.32. The monoisotopic (exact) mass is 290 g/mol. The normalized spacial score (nSPS) is 10.9. The molecule has 0 radical (unpaired) electrons. The minimum Gasteiger partial charge on any atom is -0.455 e. The largest absolute Gasteiger partial charge is 0.455 e. The number of alkyl halides is 3. The van der Waals surface area contributed by atoms with Gasteiger partial charge in [0.15, 0.2) is 6.61 Å². The Morgan fingerprint density at radius 1 is 1.30 bits per heavy atom. The number of hydrogen-bond acceptors (Lipinski definition) is 4. The number of nitrogen functional groups attached to an aromatic ring is 1. The van der Waals surface area contributed by atoms with Crippen molar-refractivity contribution in [1.82, 2.24) is 5.32 Å². The third-order valence-electron chi connectivity index (χ3n) is 2.15. The van der Waals surface area contributed by atoms with E-state index in [9.17, 15) is 22.8 Å². The highest BCUT2D eigenvalue weighted by atomic mass is 19.4. The van der Waals surface area contributed by atoms with Gasteiger partial charge in [0.25, 0.3) is 5.91 Å². The predicted molar refractivity (Wildman–Crippen MR) is 64.6 cm³/mol. The van der Waals surface area contributed by atoms with E-state index in [1.807, 2.05) is 0 Å². The van der Waals surface area contributed by atoms with Crippen LogP contribution in [0.25, 0.3) is 0 Å². The molecule has 8 heteroatoms. The number of anilines is 1. The fourth-order valence-corrected chi connectivity index (χ4v) is 1.32. The topological polar surface area (TPSA) is 81.4 Å². The Hall–Kier alpha value is -2.25. The lowest BCUT2D eigenvalue weighted by molar-refractivity contribution is -0.150. The minimum atomic E-state index is -4.50. The average Bonchev–Trinajstić information content (AvgIpc) is 2.33. The van der Waals surface area contributed by atoms with Gasteiger partial charge >= 0.3 is 12.1 Å². The molecule has 0 aliphatic carbocycles. The molecule has 1 rings (SSSR count). The van der Waals surface area contributed by atoms with Crippen LogP contribution in [-0.2, 0) is 20.7 Å². The van der Waals surface area contributed by atoms with E-state index >= 15 is 0 Å². The van der Waals surface area contributed by atoms with Gasteiger partial charge in [-0.2, -0.15) is 13.2 Å². The smallest absolute Gasteiger partial charge is 0.405 e. The van der Waals surface area contributed by atoms with Gasteiger partial charge in [-0.25, -0.2) is 0 Å². The summed E-state index contributed by atoms with van der Waals surface area (Å²) in [5.74, 6) is -1.74. The number of ether oxygens (including phenoxy) is 1. The van der Waals surface area contributed by atoms with E-state index in [0.29, 0.717) is 11.3 Å². The Bertz CT molecular complexity index is 489. The molecule has 0 aliphatic heterocycles. The first-order valence-corrected chi connectivity index (χ1v) is 5.60. The first-order chi connectivity index (χ1) is 9.26. The molecule has 5 nitrogen and oxygen atoms in total. The molecule has 1 amide bonds. The molecule has 0 aromatic heterocycles. The lowest BCUT2D eigenvalue weighted by Gasteiger charge is -2.09. The van der Waals surface area contributed by atoms with Crippen LogP contribution in [0.3, 0.4) is 0 Å². The molecule has 0 saturated heterocycles. The van der Waals surface area contributed by atoms with Crippen molar-refractivity contribution in [3.63, 3.8) is 0 Å². The van der Waals surface area contributed by atoms with Crippen LogP contribution in [-0.4, -0.2) is 31.2 Å². The maximum absolute atomic E-state index is 11.8. The molecule has 0 fully saturated rings. The third kappa shape index (κ3) is 6.62. The van der Waals surface area contributed by atoms with Crippen molar-refractivity contribution in [3.05, 3.63) is 29.8 Å². The van der Waals surface area contributed by atoms with Gasteiger partial charge in [-0.05, 0) is 17.7 Å². The summed E-state index contributed by atoms with van der Waals surface area (Å²) >= 11 is 0. The maximum atomic E-state index is 11.8. The second kappa shape index (κ2) is 6.78. The van der Waals surface area contributed by atoms with Gasteiger partial charge in [0.2, 0.25) is 0 Å². The third-order valence-corrected chi connectivity index (χ3v) is 2.15. The van der Waals surface area contributed by atoms with Gasteiger partial charge in [0.05, 0.1) is 6.42 Å². The highest BCUT2D eigenvalue weighted by Crippen LogP contribution is 2.12. The molecule has 0 heterocycles. The van der Waals surface area contributed by atoms with E-state index in [1.165, 1.54) is 0 Å². The number of nitrogens with two attached hydrogens (primary N) is 1. The van der Waals surface area contributed by atoms with E-state index in [-0.39, 0.29) is 6.42 Å². The summed E-state index contributed by atoms with van der Waals surface area (Å²) in [6.07, 6.45) is -4.61. The SMILES string of the molecule is Nc1cccc(CC(=O)OCC(=O)NCC(F)(F)F)c1. The number of carbonyl (C=O) groups excluding carboxylic acids is 2. The molecular formula is C12H13F3N2O3.